The molecule has 3 aliphatic rings. The number of rotatable bonds is 8. The summed E-state index contributed by atoms with van der Waals surface area (Å²) in [6.07, 6.45) is 7.55. The van der Waals surface area contributed by atoms with Gasteiger partial charge in [-0.25, -0.2) is 0 Å². The molecular formula is C39H34N2O4S2. The van der Waals surface area contributed by atoms with E-state index in [-0.39, 0.29) is 28.4 Å². The van der Waals surface area contributed by atoms with Crippen molar-refractivity contribution in [3.63, 3.8) is 0 Å². The minimum Gasteiger partial charge on any atom is -0.421 e. The van der Waals surface area contributed by atoms with Crippen LogP contribution in [-0.4, -0.2) is 23.0 Å². The molecule has 1 saturated carbocycles. The second-order valence-electron chi connectivity index (χ2n) is 11.3. The minimum absolute atomic E-state index is 0.0401. The first-order valence-corrected chi connectivity index (χ1v) is 17.2. The van der Waals surface area contributed by atoms with Crippen molar-refractivity contribution >= 4 is 56.9 Å². The van der Waals surface area contributed by atoms with Crippen LogP contribution in [0.2, 0.25) is 0 Å². The molecule has 0 atom stereocenters. The fourth-order valence-corrected chi connectivity index (χ4v) is 7.80. The molecule has 6 nitrogen and oxygen atoms in total. The van der Waals surface area contributed by atoms with Gasteiger partial charge in [-0.15, -0.1) is 0 Å². The van der Waals surface area contributed by atoms with E-state index in [4.69, 9.17) is 19.2 Å². The molecule has 0 spiro atoms. The molecule has 47 heavy (non-hydrogen) atoms. The van der Waals surface area contributed by atoms with Gasteiger partial charge in [-0.2, -0.15) is 0 Å². The molecule has 7 rings (SSSR count). The van der Waals surface area contributed by atoms with Crippen LogP contribution < -0.4 is 8.37 Å². The first kappa shape index (κ1) is 32.3. The van der Waals surface area contributed by atoms with Gasteiger partial charge in [-0.05, 0) is 60.4 Å². The van der Waals surface area contributed by atoms with Gasteiger partial charge in [-0.1, -0.05) is 99.5 Å². The van der Waals surface area contributed by atoms with Crippen molar-refractivity contribution in [2.45, 2.75) is 44.9 Å². The Balaban J connectivity index is 0.00000190. The van der Waals surface area contributed by atoms with Gasteiger partial charge >= 0.3 is 0 Å². The topological polar surface area (TPSA) is 100 Å². The predicted octanol–water partition coefficient (Wildman–Crippen LogP) is 10.1. The Kier molecular flexibility index (Phi) is 9.61. The summed E-state index contributed by atoms with van der Waals surface area (Å²) in [5, 5.41) is 16.1. The van der Waals surface area contributed by atoms with Crippen LogP contribution in [0.15, 0.2) is 109 Å². The number of allylic oxidation sites excluding steroid dienone is 2. The minimum atomic E-state index is -0.272. The first-order valence-electron chi connectivity index (χ1n) is 15.7. The highest BCUT2D eigenvalue weighted by atomic mass is 32.2. The van der Waals surface area contributed by atoms with E-state index in [2.05, 4.69) is 24.3 Å². The lowest BCUT2D eigenvalue weighted by Crippen LogP contribution is -2.23. The summed E-state index contributed by atoms with van der Waals surface area (Å²) >= 11 is 2.33. The van der Waals surface area contributed by atoms with Gasteiger partial charge in [0, 0.05) is 27.7 Å². The molecule has 8 heteroatoms. The van der Waals surface area contributed by atoms with Crippen molar-refractivity contribution in [3.8, 4) is 11.5 Å². The highest BCUT2D eigenvalue weighted by Gasteiger charge is 2.37. The average molecular weight is 659 g/mol. The third-order valence-electron chi connectivity index (χ3n) is 8.64. The standard InChI is InChI=1S/C37H28N2O4S2.C2H6/c38-31-21-33(27-7-1-3-9-29(27)35(31)40)44-42-25-15-11-23(12-16-25)37(19-5-6-20-37)24-13-17-26(18-14-24)43-45-34-22-32(39)36(41)30-10-4-2-8-28(30)34;1-2/h1-4,7-18,21-22,38-39H,5-6,19-20H2;1-2H3. The smallest absolute Gasteiger partial charge is 0.211 e. The van der Waals surface area contributed by atoms with Crippen LogP contribution in [0.4, 0.5) is 0 Å². The van der Waals surface area contributed by atoms with Crippen LogP contribution in [0.1, 0.15) is 82.5 Å². The average Bonchev–Trinajstić information content (AvgIpc) is 3.63. The number of hydrogen-bond donors (Lipinski definition) is 2. The number of carbonyl (C=O) groups excluding carboxylic acids is 2. The third kappa shape index (κ3) is 6.35. The van der Waals surface area contributed by atoms with Crippen LogP contribution in [-0.2, 0) is 5.41 Å². The molecule has 0 bridgehead atoms. The monoisotopic (exact) mass is 658 g/mol. The van der Waals surface area contributed by atoms with Crippen LogP contribution in [0.25, 0.3) is 9.81 Å². The lowest BCUT2D eigenvalue weighted by atomic mass is 9.73. The SMILES string of the molecule is CC.N=C1C=C(SOc2ccc(C3(c4ccc(OSC5=CC(=N)C(=O)c6ccccc65)cc4)CCCC3)cc2)c2ccccc2C1=O. The largest absolute Gasteiger partial charge is 0.421 e. The van der Waals surface area contributed by atoms with E-state index in [0.29, 0.717) is 22.6 Å². The van der Waals surface area contributed by atoms with Crippen LogP contribution in [0.3, 0.4) is 0 Å². The zero-order valence-corrected chi connectivity index (χ0v) is 27.8. The van der Waals surface area contributed by atoms with Gasteiger partial charge in [0.05, 0.1) is 33.9 Å². The van der Waals surface area contributed by atoms with E-state index >= 15 is 0 Å². The summed E-state index contributed by atoms with van der Waals surface area (Å²) in [6.45, 7) is 4.00. The lowest BCUT2D eigenvalue weighted by Gasteiger charge is -2.31. The van der Waals surface area contributed by atoms with Crippen molar-refractivity contribution in [3.05, 3.63) is 143 Å². The van der Waals surface area contributed by atoms with E-state index < -0.39 is 0 Å². The Bertz CT molecular complexity index is 1790. The van der Waals surface area contributed by atoms with Gasteiger partial charge in [-0.3, -0.25) is 20.4 Å². The molecule has 0 aromatic heterocycles. The summed E-state index contributed by atoms with van der Waals surface area (Å²) in [6, 6.07) is 31.1. The molecule has 0 amide bonds. The van der Waals surface area contributed by atoms with E-state index in [9.17, 15) is 9.59 Å². The van der Waals surface area contributed by atoms with Gasteiger partial charge in [0.15, 0.2) is 0 Å². The number of nitrogens with one attached hydrogen (secondary N) is 2. The molecule has 2 N–H and O–H groups in total. The summed E-state index contributed by atoms with van der Waals surface area (Å²) in [5.74, 6) is 0.859. The van der Waals surface area contributed by atoms with Crippen LogP contribution in [0.5, 0.6) is 11.5 Å². The van der Waals surface area contributed by atoms with Gasteiger partial charge in [0.25, 0.3) is 0 Å². The van der Waals surface area contributed by atoms with E-state index in [1.807, 2.05) is 74.5 Å². The quantitative estimate of drug-likeness (QED) is 0.183. The molecule has 0 saturated heterocycles. The van der Waals surface area contributed by atoms with Gasteiger partial charge in [0.1, 0.15) is 22.9 Å². The Labute approximate surface area is 283 Å². The zero-order valence-electron chi connectivity index (χ0n) is 26.2. The van der Waals surface area contributed by atoms with E-state index in [0.717, 1.165) is 46.6 Å². The first-order chi connectivity index (χ1) is 22.9. The normalized spacial score (nSPS) is 16.3. The summed E-state index contributed by atoms with van der Waals surface area (Å²) < 4.78 is 12.1. The lowest BCUT2D eigenvalue weighted by molar-refractivity contribution is 0.105. The zero-order chi connectivity index (χ0) is 33.0. The predicted molar refractivity (Wildman–Crippen MR) is 193 cm³/mol. The van der Waals surface area contributed by atoms with Crippen molar-refractivity contribution in [1.82, 2.24) is 0 Å². The van der Waals surface area contributed by atoms with Crippen molar-refractivity contribution in [1.29, 1.82) is 10.8 Å². The molecule has 3 aliphatic carbocycles. The third-order valence-corrected chi connectivity index (χ3v) is 10.2. The second kappa shape index (κ2) is 14.0. The molecular weight excluding hydrogens is 625 g/mol. The van der Waals surface area contributed by atoms with E-state index in [1.165, 1.54) is 35.2 Å². The molecule has 0 radical (unpaired) electrons. The van der Waals surface area contributed by atoms with Crippen LogP contribution >= 0.6 is 24.1 Å². The van der Waals surface area contributed by atoms with E-state index in [1.54, 1.807) is 24.3 Å². The summed E-state index contributed by atoms with van der Waals surface area (Å²) in [7, 11) is 0. The second-order valence-corrected chi connectivity index (χ2v) is 12.8. The molecule has 4 aromatic rings. The number of ketones is 2. The highest BCUT2D eigenvalue weighted by molar-refractivity contribution is 8.04. The molecule has 1 fully saturated rings. The van der Waals surface area contributed by atoms with Crippen molar-refractivity contribution < 1.29 is 18.0 Å². The maximum atomic E-state index is 12.4. The molecule has 236 valence electrons. The maximum absolute atomic E-state index is 12.4. The Morgan fingerprint density at radius 1 is 0.553 bits per heavy atom. The van der Waals surface area contributed by atoms with Gasteiger partial charge < -0.3 is 8.37 Å². The van der Waals surface area contributed by atoms with Gasteiger partial charge in [0.2, 0.25) is 11.6 Å². The number of hydrogen-bond acceptors (Lipinski definition) is 8. The number of carbonyl (C=O) groups is 2. The molecule has 0 unspecified atom stereocenters. The Morgan fingerprint density at radius 2 is 0.915 bits per heavy atom. The Hall–Kier alpha value is -4.66. The van der Waals surface area contributed by atoms with Crippen molar-refractivity contribution in [2.75, 3.05) is 0 Å². The molecule has 4 aromatic carbocycles. The number of fused-ring (bicyclic) bond motifs is 2. The fraction of sp³-hybridized carbons (Fsp3) is 0.179. The van der Waals surface area contributed by atoms with Crippen molar-refractivity contribution in [2.24, 2.45) is 0 Å². The van der Waals surface area contributed by atoms with Crippen LogP contribution in [0, 0.1) is 10.8 Å². The summed E-state index contributed by atoms with van der Waals surface area (Å²) in [4.78, 5) is 26.2. The summed E-state index contributed by atoms with van der Waals surface area (Å²) in [5.41, 5.74) is 4.91. The molecule has 0 heterocycles. The molecule has 0 aliphatic heterocycles. The maximum Gasteiger partial charge on any atom is 0.211 e. The highest BCUT2D eigenvalue weighted by Crippen LogP contribution is 2.47. The number of benzene rings is 4. The fourth-order valence-electron chi connectivity index (χ4n) is 6.34. The Morgan fingerprint density at radius 3 is 1.30 bits per heavy atom. The number of Topliss-reactive ketones (excluding diaryl/α,β-unsaturated/α-hetero) is 2.